The number of Topliss-reactive ketones (excluding diaryl/α,β-unsaturated/α-hetero) is 1. The maximum Gasteiger partial charge on any atom is 0.254 e. The normalized spacial score (nSPS) is 20.5. The van der Waals surface area contributed by atoms with Gasteiger partial charge in [-0.25, -0.2) is 4.98 Å². The van der Waals surface area contributed by atoms with Crippen LogP contribution in [-0.4, -0.2) is 44.9 Å². The molecule has 1 N–H and O–H groups in total. The molecule has 0 spiro atoms. The van der Waals surface area contributed by atoms with E-state index in [2.05, 4.69) is 17.1 Å². The van der Waals surface area contributed by atoms with Gasteiger partial charge in [-0.15, -0.1) is 11.3 Å². The fourth-order valence-corrected chi connectivity index (χ4v) is 5.29. The Kier molecular flexibility index (Phi) is 6.26. The zero-order valence-corrected chi connectivity index (χ0v) is 19.5. The third-order valence-electron chi connectivity index (χ3n) is 6.34. The molecular weight excluding hydrogens is 420 g/mol. The molecule has 1 aliphatic heterocycles. The van der Waals surface area contributed by atoms with E-state index in [1.807, 2.05) is 49.7 Å². The maximum absolute atomic E-state index is 13.3. The molecular formula is C26H28N2O3S. The van der Waals surface area contributed by atoms with Gasteiger partial charge < -0.3 is 10.0 Å². The van der Waals surface area contributed by atoms with Gasteiger partial charge in [-0.05, 0) is 50.5 Å². The second-order valence-corrected chi connectivity index (χ2v) is 9.66. The molecule has 1 aromatic heterocycles. The first-order valence-electron chi connectivity index (χ1n) is 10.9. The average molecular weight is 449 g/mol. The quantitative estimate of drug-likeness (QED) is 0.599. The number of aromatic nitrogens is 1. The first kappa shape index (κ1) is 22.4. The van der Waals surface area contributed by atoms with Gasteiger partial charge in [0.1, 0.15) is 5.54 Å². The van der Waals surface area contributed by atoms with Gasteiger partial charge in [-0.1, -0.05) is 42.0 Å². The lowest BCUT2D eigenvalue weighted by atomic mass is 9.88. The van der Waals surface area contributed by atoms with E-state index in [-0.39, 0.29) is 24.7 Å². The number of hydrogen-bond acceptors (Lipinski definition) is 5. The summed E-state index contributed by atoms with van der Waals surface area (Å²) in [6.07, 6.45) is 0.491. The highest BCUT2D eigenvalue weighted by molar-refractivity contribution is 7.13. The maximum atomic E-state index is 13.3. The number of aliphatic hydroxyl groups is 1. The lowest BCUT2D eigenvalue weighted by Gasteiger charge is -2.34. The monoisotopic (exact) mass is 448 g/mol. The van der Waals surface area contributed by atoms with E-state index in [1.54, 1.807) is 29.2 Å². The summed E-state index contributed by atoms with van der Waals surface area (Å²) in [5, 5.41) is 10.3. The zero-order chi connectivity index (χ0) is 22.9. The largest absolute Gasteiger partial charge is 0.391 e. The predicted octanol–water partition coefficient (Wildman–Crippen LogP) is 4.59. The first-order chi connectivity index (χ1) is 15.3. The molecule has 3 aromatic rings. The van der Waals surface area contributed by atoms with Crippen molar-refractivity contribution in [2.75, 3.05) is 6.54 Å². The van der Waals surface area contributed by atoms with Gasteiger partial charge in [0.25, 0.3) is 5.91 Å². The smallest absolute Gasteiger partial charge is 0.254 e. The van der Waals surface area contributed by atoms with Crippen molar-refractivity contribution in [3.8, 4) is 10.4 Å². The number of carbonyl (C=O) groups excluding carboxylic acids is 2. The molecule has 1 aliphatic rings. The number of nitrogens with zero attached hydrogens (tertiary/aromatic N) is 2. The van der Waals surface area contributed by atoms with Crippen LogP contribution in [0.4, 0.5) is 0 Å². The standard InChI is InChI=1S/C26H28N2O3S/c1-17-5-4-6-21(13-17)25(31)28-15-22(29)14-26(28,3)23(30)12-9-19-7-10-20(11-8-19)24-18(2)27-16-32-24/h4-8,10-11,13,16,22,29H,9,12,14-15H2,1-3H3/t22-,26+/m1/s1. The third-order valence-corrected chi connectivity index (χ3v) is 7.31. The lowest BCUT2D eigenvalue weighted by Crippen LogP contribution is -2.51. The number of ketones is 1. The van der Waals surface area contributed by atoms with E-state index < -0.39 is 11.6 Å². The van der Waals surface area contributed by atoms with Gasteiger partial charge in [0.2, 0.25) is 0 Å². The van der Waals surface area contributed by atoms with E-state index in [1.165, 1.54) is 0 Å². The number of thiazole rings is 1. The summed E-state index contributed by atoms with van der Waals surface area (Å²) >= 11 is 1.62. The Balaban J connectivity index is 1.46. The summed E-state index contributed by atoms with van der Waals surface area (Å²) in [5.74, 6) is -0.220. The molecule has 0 unspecified atom stereocenters. The van der Waals surface area contributed by atoms with Crippen molar-refractivity contribution < 1.29 is 14.7 Å². The summed E-state index contributed by atoms with van der Waals surface area (Å²) in [7, 11) is 0. The number of amides is 1. The van der Waals surface area contributed by atoms with Crippen molar-refractivity contribution in [3.05, 3.63) is 76.4 Å². The molecule has 0 aliphatic carbocycles. The van der Waals surface area contributed by atoms with E-state index >= 15 is 0 Å². The Morgan fingerprint density at radius 3 is 2.59 bits per heavy atom. The van der Waals surface area contributed by atoms with E-state index in [0.717, 1.165) is 27.3 Å². The van der Waals surface area contributed by atoms with E-state index in [4.69, 9.17) is 0 Å². The Morgan fingerprint density at radius 2 is 1.94 bits per heavy atom. The Hall–Kier alpha value is -2.83. The van der Waals surface area contributed by atoms with E-state index in [0.29, 0.717) is 18.4 Å². The molecule has 4 rings (SSSR count). The molecule has 5 nitrogen and oxygen atoms in total. The molecule has 1 fully saturated rings. The fourth-order valence-electron chi connectivity index (χ4n) is 4.48. The van der Waals surface area contributed by atoms with Gasteiger partial charge in [-0.2, -0.15) is 0 Å². The fraction of sp³-hybridized carbons (Fsp3) is 0.346. The van der Waals surface area contributed by atoms with Crippen LogP contribution >= 0.6 is 11.3 Å². The van der Waals surface area contributed by atoms with Crippen LogP contribution in [0.2, 0.25) is 0 Å². The lowest BCUT2D eigenvalue weighted by molar-refractivity contribution is -0.127. The Morgan fingerprint density at radius 1 is 1.19 bits per heavy atom. The number of hydrogen-bond donors (Lipinski definition) is 1. The highest BCUT2D eigenvalue weighted by atomic mass is 32.1. The van der Waals surface area contributed by atoms with Crippen LogP contribution < -0.4 is 0 Å². The predicted molar refractivity (Wildman–Crippen MR) is 127 cm³/mol. The van der Waals surface area contributed by atoms with Crippen LogP contribution in [0.5, 0.6) is 0 Å². The van der Waals surface area contributed by atoms with Crippen molar-refractivity contribution >= 4 is 23.0 Å². The molecule has 6 heteroatoms. The number of aliphatic hydroxyl groups excluding tert-OH is 1. The van der Waals surface area contributed by atoms with E-state index in [9.17, 15) is 14.7 Å². The highest BCUT2D eigenvalue weighted by Gasteiger charge is 2.48. The molecule has 166 valence electrons. The van der Waals surface area contributed by atoms with Crippen LogP contribution in [0.3, 0.4) is 0 Å². The zero-order valence-electron chi connectivity index (χ0n) is 18.7. The number of aryl methyl sites for hydroxylation is 3. The SMILES string of the molecule is Cc1cccc(C(=O)N2C[C@H](O)C[C@@]2(C)C(=O)CCc2ccc(-c3scnc3C)cc2)c1. The van der Waals surface area contributed by atoms with Gasteiger partial charge in [-0.3, -0.25) is 9.59 Å². The minimum Gasteiger partial charge on any atom is -0.391 e. The highest BCUT2D eigenvalue weighted by Crippen LogP contribution is 2.33. The Bertz CT molecular complexity index is 1140. The van der Waals surface area contributed by atoms with Gasteiger partial charge in [0.05, 0.1) is 22.2 Å². The molecule has 0 saturated carbocycles. The van der Waals surface area contributed by atoms with Crippen LogP contribution in [0.25, 0.3) is 10.4 Å². The number of benzene rings is 2. The average Bonchev–Trinajstić information content (AvgIpc) is 3.34. The van der Waals surface area contributed by atoms with Crippen LogP contribution in [-0.2, 0) is 11.2 Å². The minimum atomic E-state index is -1.00. The molecule has 0 bridgehead atoms. The number of carbonyl (C=O) groups is 2. The van der Waals surface area contributed by atoms with Crippen molar-refractivity contribution in [3.63, 3.8) is 0 Å². The second-order valence-electron chi connectivity index (χ2n) is 8.80. The van der Waals surface area contributed by atoms with Crippen molar-refractivity contribution in [2.24, 2.45) is 0 Å². The van der Waals surface area contributed by atoms with Crippen LogP contribution in [0.15, 0.2) is 54.0 Å². The second kappa shape index (κ2) is 8.96. The van der Waals surface area contributed by atoms with Crippen molar-refractivity contribution in [1.29, 1.82) is 0 Å². The minimum absolute atomic E-state index is 0.0163. The molecule has 1 amide bonds. The summed E-state index contributed by atoms with van der Waals surface area (Å²) in [6.45, 7) is 5.90. The van der Waals surface area contributed by atoms with Gasteiger partial charge >= 0.3 is 0 Å². The Labute approximate surface area is 192 Å². The summed E-state index contributed by atoms with van der Waals surface area (Å²) in [6, 6.07) is 15.6. The number of likely N-dealkylation sites (tertiary alicyclic amines) is 1. The van der Waals surface area contributed by atoms with Gasteiger partial charge in [0.15, 0.2) is 5.78 Å². The van der Waals surface area contributed by atoms with Crippen molar-refractivity contribution in [2.45, 2.75) is 51.7 Å². The van der Waals surface area contributed by atoms with Crippen LogP contribution in [0, 0.1) is 13.8 Å². The molecule has 32 heavy (non-hydrogen) atoms. The molecule has 1 saturated heterocycles. The topological polar surface area (TPSA) is 70.5 Å². The van der Waals surface area contributed by atoms with Crippen LogP contribution in [0.1, 0.15) is 46.9 Å². The molecule has 2 atom stereocenters. The van der Waals surface area contributed by atoms with Crippen molar-refractivity contribution in [1.82, 2.24) is 9.88 Å². The molecule has 2 aromatic carbocycles. The number of rotatable bonds is 6. The molecule has 0 radical (unpaired) electrons. The first-order valence-corrected chi connectivity index (χ1v) is 11.8. The summed E-state index contributed by atoms with van der Waals surface area (Å²) in [5.41, 5.74) is 5.60. The molecule has 2 heterocycles. The summed E-state index contributed by atoms with van der Waals surface area (Å²) < 4.78 is 0. The van der Waals surface area contributed by atoms with Gasteiger partial charge in [0, 0.05) is 24.9 Å². The summed E-state index contributed by atoms with van der Waals surface area (Å²) in [4.78, 5) is 33.5. The third kappa shape index (κ3) is 4.38. The number of β-amino-alcohol motifs (C(OH)–C–C–N with tert-alkyl or cyclic N) is 1.